The van der Waals surface area contributed by atoms with Crippen LogP contribution in [0.2, 0.25) is 0 Å². The summed E-state index contributed by atoms with van der Waals surface area (Å²) in [6, 6.07) is 6.89. The standard InChI is InChI=1S/C23H33NO/c1-3-17(4-2)10-13-24-14-12-23-11-6-5-7-20(23)22(24)15-18-8-9-19(25)16-21(18)23/h8-10,16,20,22,25H,3-7,11-15H2,1-2H3/t20-,22-,23-/m0/s1. The molecule has 4 rings (SSSR count). The van der Waals surface area contributed by atoms with Gasteiger partial charge in [-0.25, -0.2) is 0 Å². The Balaban J connectivity index is 1.68. The zero-order chi connectivity index (χ0) is 17.4. The van der Waals surface area contributed by atoms with Gasteiger partial charge in [0.1, 0.15) is 5.75 Å². The van der Waals surface area contributed by atoms with Crippen LogP contribution in [0.1, 0.15) is 69.9 Å². The Labute approximate surface area is 152 Å². The SMILES string of the molecule is CCC(=CCN1CC[C@@]23CCCC[C@H]2[C@@H]1Cc1ccc(O)cc13)CC. The van der Waals surface area contributed by atoms with E-state index in [2.05, 4.69) is 37.0 Å². The van der Waals surface area contributed by atoms with E-state index in [1.54, 1.807) is 5.57 Å². The molecule has 136 valence electrons. The van der Waals surface area contributed by atoms with E-state index >= 15 is 0 Å². The number of benzene rings is 1. The first kappa shape index (κ1) is 17.1. The van der Waals surface area contributed by atoms with E-state index in [0.29, 0.717) is 17.2 Å². The minimum Gasteiger partial charge on any atom is -0.508 e. The molecule has 0 amide bonds. The number of nitrogens with zero attached hydrogens (tertiary/aromatic N) is 1. The lowest BCUT2D eigenvalue weighted by molar-refractivity contribution is -0.00531. The van der Waals surface area contributed by atoms with Crippen molar-refractivity contribution in [2.45, 2.75) is 76.7 Å². The van der Waals surface area contributed by atoms with Crippen molar-refractivity contribution in [3.05, 3.63) is 41.0 Å². The van der Waals surface area contributed by atoms with Gasteiger partial charge in [-0.3, -0.25) is 4.90 Å². The highest BCUT2D eigenvalue weighted by Crippen LogP contribution is 2.56. The van der Waals surface area contributed by atoms with Crippen LogP contribution in [0.3, 0.4) is 0 Å². The van der Waals surface area contributed by atoms with E-state index in [0.717, 1.165) is 12.5 Å². The summed E-state index contributed by atoms with van der Waals surface area (Å²) >= 11 is 0. The fourth-order valence-electron chi connectivity index (χ4n) is 6.08. The molecule has 3 aliphatic rings. The van der Waals surface area contributed by atoms with Gasteiger partial charge < -0.3 is 5.11 Å². The average molecular weight is 340 g/mol. The van der Waals surface area contributed by atoms with Crippen molar-refractivity contribution >= 4 is 0 Å². The molecule has 2 fully saturated rings. The van der Waals surface area contributed by atoms with Gasteiger partial charge in [0.15, 0.2) is 0 Å². The van der Waals surface area contributed by atoms with Gasteiger partial charge in [0.05, 0.1) is 0 Å². The molecule has 2 bridgehead atoms. The number of allylic oxidation sites excluding steroid dienone is 1. The van der Waals surface area contributed by atoms with Crippen LogP contribution >= 0.6 is 0 Å². The minimum atomic E-state index is 0.341. The highest BCUT2D eigenvalue weighted by Gasteiger charge is 2.53. The molecule has 1 saturated carbocycles. The second-order valence-corrected chi connectivity index (χ2v) is 8.44. The van der Waals surface area contributed by atoms with Crippen molar-refractivity contribution in [1.82, 2.24) is 4.90 Å². The van der Waals surface area contributed by atoms with Crippen LogP contribution in [0.5, 0.6) is 5.75 Å². The summed E-state index contributed by atoms with van der Waals surface area (Å²) < 4.78 is 0. The maximum absolute atomic E-state index is 10.1. The lowest BCUT2D eigenvalue weighted by Crippen LogP contribution is -2.60. The monoisotopic (exact) mass is 339 g/mol. The van der Waals surface area contributed by atoms with Crippen LogP contribution in [0.15, 0.2) is 29.8 Å². The van der Waals surface area contributed by atoms with Crippen LogP contribution in [0, 0.1) is 5.92 Å². The molecular weight excluding hydrogens is 306 g/mol. The zero-order valence-electron chi connectivity index (χ0n) is 15.9. The van der Waals surface area contributed by atoms with Gasteiger partial charge in [-0.2, -0.15) is 0 Å². The van der Waals surface area contributed by atoms with Gasteiger partial charge >= 0.3 is 0 Å². The first-order chi connectivity index (χ1) is 12.2. The van der Waals surface area contributed by atoms with Gasteiger partial charge in [0.25, 0.3) is 0 Å². The molecule has 0 unspecified atom stereocenters. The van der Waals surface area contributed by atoms with Crippen molar-refractivity contribution < 1.29 is 5.11 Å². The summed E-state index contributed by atoms with van der Waals surface area (Å²) in [7, 11) is 0. The van der Waals surface area contributed by atoms with Gasteiger partial charge in [-0.15, -0.1) is 0 Å². The van der Waals surface area contributed by atoms with Crippen LogP contribution in [-0.4, -0.2) is 29.1 Å². The highest BCUT2D eigenvalue weighted by molar-refractivity contribution is 5.45. The first-order valence-electron chi connectivity index (χ1n) is 10.4. The quantitative estimate of drug-likeness (QED) is 0.762. The van der Waals surface area contributed by atoms with Gasteiger partial charge in [0.2, 0.25) is 0 Å². The smallest absolute Gasteiger partial charge is 0.115 e. The van der Waals surface area contributed by atoms with E-state index in [1.165, 1.54) is 69.0 Å². The van der Waals surface area contributed by atoms with Crippen LogP contribution < -0.4 is 0 Å². The summed E-state index contributed by atoms with van der Waals surface area (Å²) in [5.41, 5.74) is 4.93. The van der Waals surface area contributed by atoms with Crippen LogP contribution in [-0.2, 0) is 11.8 Å². The summed E-state index contributed by atoms with van der Waals surface area (Å²) in [5, 5.41) is 10.1. The third-order valence-corrected chi connectivity index (χ3v) is 7.46. The Morgan fingerprint density at radius 1 is 1.24 bits per heavy atom. The molecule has 2 heteroatoms. The van der Waals surface area contributed by atoms with Gasteiger partial charge in [-0.1, -0.05) is 44.4 Å². The number of aromatic hydroxyl groups is 1. The van der Waals surface area contributed by atoms with Crippen LogP contribution in [0.4, 0.5) is 0 Å². The third kappa shape index (κ3) is 2.83. The fourth-order valence-corrected chi connectivity index (χ4v) is 6.08. The van der Waals surface area contributed by atoms with Gasteiger partial charge in [-0.05, 0) is 74.2 Å². The Kier molecular flexibility index (Phi) is 4.66. The Morgan fingerprint density at radius 2 is 2.08 bits per heavy atom. The molecular formula is C23H33NO. The fraction of sp³-hybridized carbons (Fsp3) is 0.652. The molecule has 1 heterocycles. The topological polar surface area (TPSA) is 23.5 Å². The predicted octanol–water partition coefficient (Wildman–Crippen LogP) is 5.20. The number of piperidine rings is 1. The molecule has 3 atom stereocenters. The molecule has 0 aromatic heterocycles. The summed E-state index contributed by atoms with van der Waals surface area (Å²) in [5.74, 6) is 1.24. The normalized spacial score (nSPS) is 31.1. The average Bonchev–Trinajstić information content (AvgIpc) is 2.64. The summed E-state index contributed by atoms with van der Waals surface area (Å²) in [6.07, 6.45) is 12.7. The van der Waals surface area contributed by atoms with Gasteiger partial charge in [0, 0.05) is 18.0 Å². The minimum absolute atomic E-state index is 0.341. The van der Waals surface area contributed by atoms with E-state index in [1.807, 2.05) is 6.07 Å². The Hall–Kier alpha value is -1.28. The van der Waals surface area contributed by atoms with Crippen molar-refractivity contribution in [2.24, 2.45) is 5.92 Å². The molecule has 1 aliphatic heterocycles. The highest BCUT2D eigenvalue weighted by atomic mass is 16.3. The third-order valence-electron chi connectivity index (χ3n) is 7.46. The lowest BCUT2D eigenvalue weighted by Gasteiger charge is -2.59. The number of fused-ring (bicyclic) bond motifs is 1. The second-order valence-electron chi connectivity index (χ2n) is 8.44. The van der Waals surface area contributed by atoms with Crippen LogP contribution in [0.25, 0.3) is 0 Å². The molecule has 0 radical (unpaired) electrons. The van der Waals surface area contributed by atoms with E-state index in [4.69, 9.17) is 0 Å². The molecule has 25 heavy (non-hydrogen) atoms. The second kappa shape index (κ2) is 6.79. The molecule has 0 spiro atoms. The van der Waals surface area contributed by atoms with E-state index < -0.39 is 0 Å². The summed E-state index contributed by atoms with van der Waals surface area (Å²) in [6.45, 7) is 6.90. The number of likely N-dealkylation sites (tertiary alicyclic amines) is 1. The summed E-state index contributed by atoms with van der Waals surface area (Å²) in [4.78, 5) is 2.77. The Bertz CT molecular complexity index is 658. The number of rotatable bonds is 4. The number of phenols is 1. The van der Waals surface area contributed by atoms with Crippen molar-refractivity contribution in [1.29, 1.82) is 0 Å². The predicted molar refractivity (Wildman–Crippen MR) is 104 cm³/mol. The number of phenolic OH excluding ortho intramolecular Hbond substituents is 1. The lowest BCUT2D eigenvalue weighted by atomic mass is 9.52. The maximum atomic E-state index is 10.1. The molecule has 2 aliphatic carbocycles. The van der Waals surface area contributed by atoms with Crippen molar-refractivity contribution in [2.75, 3.05) is 13.1 Å². The van der Waals surface area contributed by atoms with Crippen molar-refractivity contribution in [3.63, 3.8) is 0 Å². The molecule has 2 nitrogen and oxygen atoms in total. The van der Waals surface area contributed by atoms with Crippen molar-refractivity contribution in [3.8, 4) is 5.75 Å². The van der Waals surface area contributed by atoms with E-state index in [9.17, 15) is 5.11 Å². The molecule has 1 aromatic carbocycles. The number of hydrogen-bond donors (Lipinski definition) is 1. The first-order valence-corrected chi connectivity index (χ1v) is 10.4. The molecule has 1 aromatic rings. The Morgan fingerprint density at radius 3 is 2.88 bits per heavy atom. The number of hydrogen-bond acceptors (Lipinski definition) is 2. The molecule has 1 saturated heterocycles. The molecule has 1 N–H and O–H groups in total. The van der Waals surface area contributed by atoms with E-state index in [-0.39, 0.29) is 0 Å². The largest absolute Gasteiger partial charge is 0.508 e. The zero-order valence-corrected chi connectivity index (χ0v) is 15.9. The maximum Gasteiger partial charge on any atom is 0.115 e.